The van der Waals surface area contributed by atoms with E-state index in [9.17, 15) is 4.39 Å². The van der Waals surface area contributed by atoms with Crippen LogP contribution in [0.5, 0.6) is 5.75 Å². The van der Waals surface area contributed by atoms with E-state index in [1.165, 1.54) is 19.2 Å². The Morgan fingerprint density at radius 3 is 2.95 bits per heavy atom. The molecule has 1 heterocycles. The normalized spacial score (nSPS) is 12.4. The molecule has 0 aliphatic rings. The average molecular weight is 265 g/mol. The quantitative estimate of drug-likeness (QED) is 0.898. The van der Waals surface area contributed by atoms with E-state index in [2.05, 4.69) is 10.1 Å². The highest BCUT2D eigenvalue weighted by atomic mass is 19.1. The topological polar surface area (TPSA) is 74.2 Å². The molecule has 0 amide bonds. The van der Waals surface area contributed by atoms with Crippen LogP contribution in [-0.4, -0.2) is 23.8 Å². The van der Waals surface area contributed by atoms with E-state index in [-0.39, 0.29) is 11.7 Å². The fraction of sp³-hybridized carbons (Fsp3) is 0.385. The summed E-state index contributed by atoms with van der Waals surface area (Å²) in [5.41, 5.74) is 6.14. The molecule has 102 valence electrons. The molecule has 2 rings (SSSR count). The Balaban J connectivity index is 2.27. The number of aromatic nitrogens is 2. The molecule has 2 aromatic rings. The van der Waals surface area contributed by atoms with Gasteiger partial charge in [-0.2, -0.15) is 4.98 Å². The summed E-state index contributed by atoms with van der Waals surface area (Å²) >= 11 is 0. The molecule has 0 aliphatic heterocycles. The number of hydrogen-bond donors (Lipinski definition) is 1. The number of methoxy groups -OCH3 is 1. The summed E-state index contributed by atoms with van der Waals surface area (Å²) in [4.78, 5) is 4.29. The molecule has 0 radical (unpaired) electrons. The Morgan fingerprint density at radius 2 is 2.26 bits per heavy atom. The number of ether oxygens (including phenoxy) is 1. The molecule has 2 N–H and O–H groups in total. The van der Waals surface area contributed by atoms with E-state index in [4.69, 9.17) is 15.0 Å². The SMILES string of the molecule is COc1cc(-c2noc(C(C)CCN)n2)ccc1F. The molecular weight excluding hydrogens is 249 g/mol. The van der Waals surface area contributed by atoms with Gasteiger partial charge in [0.25, 0.3) is 0 Å². The largest absolute Gasteiger partial charge is 0.494 e. The zero-order valence-corrected chi connectivity index (χ0v) is 10.9. The van der Waals surface area contributed by atoms with E-state index in [0.717, 1.165) is 6.42 Å². The number of rotatable bonds is 5. The highest BCUT2D eigenvalue weighted by Gasteiger charge is 2.15. The second-order valence-electron chi connectivity index (χ2n) is 4.28. The molecule has 0 spiro atoms. The van der Waals surface area contributed by atoms with Crippen LogP contribution >= 0.6 is 0 Å². The van der Waals surface area contributed by atoms with Gasteiger partial charge in [0.1, 0.15) is 0 Å². The summed E-state index contributed by atoms with van der Waals surface area (Å²) in [6.07, 6.45) is 0.772. The Hall–Kier alpha value is -1.95. The lowest BCUT2D eigenvalue weighted by atomic mass is 10.1. The lowest BCUT2D eigenvalue weighted by Gasteiger charge is -2.03. The molecule has 5 nitrogen and oxygen atoms in total. The first-order valence-corrected chi connectivity index (χ1v) is 6.03. The highest BCUT2D eigenvalue weighted by molar-refractivity contribution is 5.57. The Kier molecular flexibility index (Phi) is 4.11. The molecule has 1 aromatic carbocycles. The van der Waals surface area contributed by atoms with Gasteiger partial charge in [-0.3, -0.25) is 0 Å². The van der Waals surface area contributed by atoms with Crippen molar-refractivity contribution >= 4 is 0 Å². The molecule has 6 heteroatoms. The molecular formula is C13H16FN3O2. The van der Waals surface area contributed by atoms with Crippen LogP contribution in [0.25, 0.3) is 11.4 Å². The van der Waals surface area contributed by atoms with Crippen molar-refractivity contribution < 1.29 is 13.7 Å². The van der Waals surface area contributed by atoms with Crippen LogP contribution < -0.4 is 10.5 Å². The van der Waals surface area contributed by atoms with E-state index in [1.807, 2.05) is 6.92 Å². The van der Waals surface area contributed by atoms with E-state index < -0.39 is 5.82 Å². The molecule has 0 bridgehead atoms. The Labute approximate surface area is 110 Å². The smallest absolute Gasteiger partial charge is 0.229 e. The van der Waals surface area contributed by atoms with Gasteiger partial charge in [0.15, 0.2) is 11.6 Å². The zero-order chi connectivity index (χ0) is 13.8. The van der Waals surface area contributed by atoms with Crippen molar-refractivity contribution in [2.45, 2.75) is 19.3 Å². The minimum Gasteiger partial charge on any atom is -0.494 e. The number of nitrogens with two attached hydrogens (primary N) is 1. The van der Waals surface area contributed by atoms with Crippen LogP contribution in [0, 0.1) is 5.82 Å². The minimum absolute atomic E-state index is 0.105. The molecule has 0 aliphatic carbocycles. The monoisotopic (exact) mass is 265 g/mol. The number of benzene rings is 1. The van der Waals surface area contributed by atoms with Crippen molar-refractivity contribution in [3.05, 3.63) is 29.9 Å². The van der Waals surface area contributed by atoms with Crippen LogP contribution in [0.2, 0.25) is 0 Å². The number of halogens is 1. The summed E-state index contributed by atoms with van der Waals surface area (Å²) in [6.45, 7) is 2.53. The second-order valence-corrected chi connectivity index (χ2v) is 4.28. The third-order valence-corrected chi connectivity index (χ3v) is 2.87. The lowest BCUT2D eigenvalue weighted by molar-refractivity contribution is 0.355. The standard InChI is InChI=1S/C13H16FN3O2/c1-8(5-6-15)13-16-12(17-19-13)9-3-4-10(14)11(7-9)18-2/h3-4,7-8H,5-6,15H2,1-2H3. The highest BCUT2D eigenvalue weighted by Crippen LogP contribution is 2.26. The van der Waals surface area contributed by atoms with Crippen molar-refractivity contribution in [1.29, 1.82) is 0 Å². The van der Waals surface area contributed by atoms with Crippen LogP contribution in [0.3, 0.4) is 0 Å². The van der Waals surface area contributed by atoms with Crippen LogP contribution in [0.1, 0.15) is 25.2 Å². The maximum Gasteiger partial charge on any atom is 0.229 e. The summed E-state index contributed by atoms with van der Waals surface area (Å²) in [7, 11) is 1.41. The molecule has 0 fully saturated rings. The van der Waals surface area contributed by atoms with Gasteiger partial charge >= 0.3 is 0 Å². The fourth-order valence-electron chi connectivity index (χ4n) is 1.72. The van der Waals surface area contributed by atoms with Gasteiger partial charge in [-0.05, 0) is 31.2 Å². The molecule has 0 saturated carbocycles. The van der Waals surface area contributed by atoms with Gasteiger partial charge in [0.2, 0.25) is 11.7 Å². The molecule has 1 aromatic heterocycles. The van der Waals surface area contributed by atoms with Crippen molar-refractivity contribution in [1.82, 2.24) is 10.1 Å². The molecule has 1 atom stereocenters. The van der Waals surface area contributed by atoms with Gasteiger partial charge < -0.3 is 15.0 Å². The second kappa shape index (κ2) is 5.79. The minimum atomic E-state index is -0.425. The van der Waals surface area contributed by atoms with Crippen LogP contribution in [0.15, 0.2) is 22.7 Å². The van der Waals surface area contributed by atoms with Gasteiger partial charge in [-0.15, -0.1) is 0 Å². The summed E-state index contributed by atoms with van der Waals surface area (Å²) in [5.74, 6) is 0.778. The predicted octanol–water partition coefficient (Wildman–Crippen LogP) is 2.34. The van der Waals surface area contributed by atoms with Gasteiger partial charge in [-0.25, -0.2) is 4.39 Å². The average Bonchev–Trinajstić information content (AvgIpc) is 2.89. The van der Waals surface area contributed by atoms with Gasteiger partial charge in [0.05, 0.1) is 7.11 Å². The maximum atomic E-state index is 13.3. The summed E-state index contributed by atoms with van der Waals surface area (Å²) < 4.78 is 23.4. The van der Waals surface area contributed by atoms with E-state index in [0.29, 0.717) is 23.8 Å². The predicted molar refractivity (Wildman–Crippen MR) is 68.3 cm³/mol. The first-order chi connectivity index (χ1) is 9.15. The number of nitrogens with zero attached hydrogens (tertiary/aromatic N) is 2. The van der Waals surface area contributed by atoms with Gasteiger partial charge in [0, 0.05) is 11.5 Å². The number of hydrogen-bond acceptors (Lipinski definition) is 5. The van der Waals surface area contributed by atoms with Crippen molar-refractivity contribution in [2.24, 2.45) is 5.73 Å². The van der Waals surface area contributed by atoms with Crippen molar-refractivity contribution in [2.75, 3.05) is 13.7 Å². The van der Waals surface area contributed by atoms with E-state index >= 15 is 0 Å². The van der Waals surface area contributed by atoms with Crippen LogP contribution in [0.4, 0.5) is 4.39 Å². The van der Waals surface area contributed by atoms with Gasteiger partial charge in [-0.1, -0.05) is 12.1 Å². The molecule has 19 heavy (non-hydrogen) atoms. The Bertz CT molecular complexity index is 557. The molecule has 0 saturated heterocycles. The molecule has 1 unspecified atom stereocenters. The van der Waals surface area contributed by atoms with Crippen LogP contribution in [-0.2, 0) is 0 Å². The van der Waals surface area contributed by atoms with Crippen molar-refractivity contribution in [3.8, 4) is 17.1 Å². The van der Waals surface area contributed by atoms with Crippen molar-refractivity contribution in [3.63, 3.8) is 0 Å². The summed E-state index contributed by atoms with van der Waals surface area (Å²) in [6, 6.07) is 4.44. The Morgan fingerprint density at radius 1 is 1.47 bits per heavy atom. The third-order valence-electron chi connectivity index (χ3n) is 2.87. The fourth-order valence-corrected chi connectivity index (χ4v) is 1.72. The third kappa shape index (κ3) is 2.90. The lowest BCUT2D eigenvalue weighted by Crippen LogP contribution is -2.04. The first kappa shape index (κ1) is 13.5. The first-order valence-electron chi connectivity index (χ1n) is 6.03. The summed E-state index contributed by atoms with van der Waals surface area (Å²) in [5, 5.41) is 3.89. The van der Waals surface area contributed by atoms with E-state index in [1.54, 1.807) is 6.07 Å². The zero-order valence-electron chi connectivity index (χ0n) is 10.9. The maximum absolute atomic E-state index is 13.3.